The van der Waals surface area contributed by atoms with Crippen molar-refractivity contribution in [3.05, 3.63) is 46.8 Å². The Hall–Kier alpha value is -2.94. The van der Waals surface area contributed by atoms with E-state index in [9.17, 15) is 10.1 Å². The van der Waals surface area contributed by atoms with Crippen molar-refractivity contribution in [2.75, 3.05) is 56.6 Å². The van der Waals surface area contributed by atoms with E-state index in [0.717, 1.165) is 50.9 Å². The Morgan fingerprint density at radius 3 is 2.62 bits per heavy atom. The van der Waals surface area contributed by atoms with E-state index in [0.29, 0.717) is 0 Å². The summed E-state index contributed by atoms with van der Waals surface area (Å²) in [5.74, 6) is 1.04. The number of nitrogens with one attached hydrogen (secondary N) is 1. The quantitative estimate of drug-likeness (QED) is 0.589. The zero-order valence-electron chi connectivity index (χ0n) is 14.7. The Morgan fingerprint density at radius 1 is 1.23 bits per heavy atom. The molecule has 138 valence electrons. The van der Waals surface area contributed by atoms with Crippen molar-refractivity contribution < 1.29 is 9.66 Å². The molecule has 2 aromatic rings. The van der Waals surface area contributed by atoms with Crippen LogP contribution in [0.25, 0.3) is 0 Å². The van der Waals surface area contributed by atoms with E-state index in [1.807, 2.05) is 6.07 Å². The molecule has 1 aromatic carbocycles. The molecular weight excluding hydrogens is 336 g/mol. The molecule has 0 aliphatic carbocycles. The molecule has 0 saturated carbocycles. The number of aromatic nitrogens is 2. The van der Waals surface area contributed by atoms with Crippen molar-refractivity contribution in [1.29, 1.82) is 0 Å². The highest BCUT2D eigenvalue weighted by atomic mass is 16.6. The Kier molecular flexibility index (Phi) is 5.80. The summed E-state index contributed by atoms with van der Waals surface area (Å²) in [5, 5.41) is 14.2. The first kappa shape index (κ1) is 17.9. The number of methoxy groups -OCH3 is 1. The highest BCUT2D eigenvalue weighted by Crippen LogP contribution is 2.29. The van der Waals surface area contributed by atoms with Crippen LogP contribution in [-0.4, -0.2) is 66.2 Å². The topological polar surface area (TPSA) is 96.7 Å². The Morgan fingerprint density at radius 2 is 1.96 bits per heavy atom. The Bertz CT molecular complexity index is 735. The lowest BCUT2D eigenvalue weighted by Gasteiger charge is -2.34. The molecule has 1 aliphatic heterocycles. The zero-order valence-corrected chi connectivity index (χ0v) is 14.7. The van der Waals surface area contributed by atoms with Gasteiger partial charge in [0.15, 0.2) is 5.75 Å². The monoisotopic (exact) mass is 358 g/mol. The van der Waals surface area contributed by atoms with Gasteiger partial charge in [0.05, 0.1) is 12.0 Å². The predicted octanol–water partition coefficient (Wildman–Crippen LogP) is 1.63. The molecule has 0 spiro atoms. The number of anilines is 2. The summed E-state index contributed by atoms with van der Waals surface area (Å²) in [4.78, 5) is 23.6. The van der Waals surface area contributed by atoms with Gasteiger partial charge in [0.1, 0.15) is 0 Å². The molecule has 1 aliphatic rings. The Balaban J connectivity index is 1.45. The summed E-state index contributed by atoms with van der Waals surface area (Å²) in [5.41, 5.74) is 0.779. The standard InChI is InChI=1S/C17H22N6O3/c1-26-16-13-14(3-4-15(16)23(24)25)18-7-8-21-9-11-22(12-10-21)17-19-5-2-6-20-17/h2-6,13,18H,7-12H2,1H3. The van der Waals surface area contributed by atoms with Crippen molar-refractivity contribution in [2.45, 2.75) is 0 Å². The van der Waals surface area contributed by atoms with Crippen molar-refractivity contribution in [2.24, 2.45) is 0 Å². The molecule has 2 heterocycles. The molecule has 1 saturated heterocycles. The molecule has 0 radical (unpaired) electrons. The third-order valence-electron chi connectivity index (χ3n) is 4.34. The molecular formula is C17H22N6O3. The van der Waals surface area contributed by atoms with E-state index in [1.54, 1.807) is 24.5 Å². The summed E-state index contributed by atoms with van der Waals surface area (Å²) in [7, 11) is 1.43. The van der Waals surface area contributed by atoms with Gasteiger partial charge in [-0.2, -0.15) is 0 Å². The second kappa shape index (κ2) is 8.43. The molecule has 0 bridgehead atoms. The summed E-state index contributed by atoms with van der Waals surface area (Å²) in [6.45, 7) is 5.34. The first-order valence-corrected chi connectivity index (χ1v) is 8.48. The lowest BCUT2D eigenvalue weighted by molar-refractivity contribution is -0.385. The summed E-state index contributed by atoms with van der Waals surface area (Å²) in [6, 6.07) is 6.63. The molecule has 1 fully saturated rings. The smallest absolute Gasteiger partial charge is 0.311 e. The normalized spacial score (nSPS) is 14.9. The number of nitro benzene ring substituents is 1. The molecule has 1 N–H and O–H groups in total. The molecule has 0 unspecified atom stereocenters. The average molecular weight is 358 g/mol. The number of rotatable bonds is 7. The van der Waals surface area contributed by atoms with Gasteiger partial charge in [0.2, 0.25) is 5.95 Å². The van der Waals surface area contributed by atoms with Gasteiger partial charge >= 0.3 is 5.69 Å². The highest BCUT2D eigenvalue weighted by Gasteiger charge is 2.18. The molecule has 9 nitrogen and oxygen atoms in total. The molecule has 0 atom stereocenters. The van der Waals surface area contributed by atoms with Gasteiger partial charge in [-0.1, -0.05) is 0 Å². The maximum atomic E-state index is 10.9. The van der Waals surface area contributed by atoms with Crippen LogP contribution in [0.1, 0.15) is 0 Å². The van der Waals surface area contributed by atoms with E-state index >= 15 is 0 Å². The van der Waals surface area contributed by atoms with Crippen LogP contribution in [0.5, 0.6) is 5.75 Å². The first-order valence-electron chi connectivity index (χ1n) is 8.48. The van der Waals surface area contributed by atoms with Crippen LogP contribution in [0.4, 0.5) is 17.3 Å². The van der Waals surface area contributed by atoms with Gasteiger partial charge in [0.25, 0.3) is 0 Å². The van der Waals surface area contributed by atoms with Gasteiger partial charge in [-0.15, -0.1) is 0 Å². The number of hydrogen-bond acceptors (Lipinski definition) is 8. The molecule has 0 amide bonds. The minimum atomic E-state index is -0.446. The molecule has 1 aromatic heterocycles. The van der Waals surface area contributed by atoms with Gasteiger partial charge in [-0.05, 0) is 12.1 Å². The lowest BCUT2D eigenvalue weighted by Crippen LogP contribution is -2.48. The zero-order chi connectivity index (χ0) is 18.4. The Labute approximate surface area is 151 Å². The average Bonchev–Trinajstić information content (AvgIpc) is 2.69. The second-order valence-electron chi connectivity index (χ2n) is 5.95. The van der Waals surface area contributed by atoms with Crippen LogP contribution in [-0.2, 0) is 0 Å². The number of hydrogen-bond donors (Lipinski definition) is 1. The number of nitrogens with zero attached hydrogens (tertiary/aromatic N) is 5. The summed E-state index contributed by atoms with van der Waals surface area (Å²) in [6.07, 6.45) is 3.52. The number of benzene rings is 1. The molecule has 3 rings (SSSR count). The van der Waals surface area contributed by atoms with E-state index in [1.165, 1.54) is 13.2 Å². The van der Waals surface area contributed by atoms with Gasteiger partial charge in [-0.25, -0.2) is 9.97 Å². The van der Waals surface area contributed by atoms with Crippen LogP contribution in [0.15, 0.2) is 36.7 Å². The SMILES string of the molecule is COc1cc(NCCN2CCN(c3ncccn3)CC2)ccc1[N+](=O)[O-]. The van der Waals surface area contributed by atoms with Crippen LogP contribution in [0.2, 0.25) is 0 Å². The van der Waals surface area contributed by atoms with Crippen molar-refractivity contribution in [3.8, 4) is 5.75 Å². The van der Waals surface area contributed by atoms with Crippen molar-refractivity contribution >= 4 is 17.3 Å². The second-order valence-corrected chi connectivity index (χ2v) is 5.95. The van der Waals surface area contributed by atoms with Gasteiger partial charge < -0.3 is 15.0 Å². The molecule has 9 heteroatoms. The van der Waals surface area contributed by atoms with Crippen LogP contribution < -0.4 is 15.0 Å². The van der Waals surface area contributed by atoms with E-state index < -0.39 is 4.92 Å². The maximum absolute atomic E-state index is 10.9. The van der Waals surface area contributed by atoms with Gasteiger partial charge in [-0.3, -0.25) is 15.0 Å². The first-order chi connectivity index (χ1) is 12.7. The van der Waals surface area contributed by atoms with E-state index in [4.69, 9.17) is 4.74 Å². The third kappa shape index (κ3) is 4.37. The highest BCUT2D eigenvalue weighted by molar-refractivity contribution is 5.57. The maximum Gasteiger partial charge on any atom is 0.311 e. The van der Waals surface area contributed by atoms with Crippen LogP contribution in [0, 0.1) is 10.1 Å². The fraction of sp³-hybridized carbons (Fsp3) is 0.412. The fourth-order valence-electron chi connectivity index (χ4n) is 2.92. The lowest BCUT2D eigenvalue weighted by atomic mass is 10.2. The summed E-state index contributed by atoms with van der Waals surface area (Å²) >= 11 is 0. The fourth-order valence-corrected chi connectivity index (χ4v) is 2.92. The number of piperazine rings is 1. The number of nitro groups is 1. The van der Waals surface area contributed by atoms with Crippen LogP contribution in [0.3, 0.4) is 0 Å². The third-order valence-corrected chi connectivity index (χ3v) is 4.34. The number of ether oxygens (including phenoxy) is 1. The van der Waals surface area contributed by atoms with E-state index in [2.05, 4.69) is 25.1 Å². The van der Waals surface area contributed by atoms with Crippen molar-refractivity contribution in [1.82, 2.24) is 14.9 Å². The largest absolute Gasteiger partial charge is 0.490 e. The van der Waals surface area contributed by atoms with Crippen LogP contribution >= 0.6 is 0 Å². The van der Waals surface area contributed by atoms with E-state index in [-0.39, 0.29) is 11.4 Å². The summed E-state index contributed by atoms with van der Waals surface area (Å²) < 4.78 is 5.09. The predicted molar refractivity (Wildman–Crippen MR) is 98.8 cm³/mol. The minimum absolute atomic E-state index is 0.0303. The van der Waals surface area contributed by atoms with Crippen molar-refractivity contribution in [3.63, 3.8) is 0 Å². The van der Waals surface area contributed by atoms with Gasteiger partial charge in [0, 0.05) is 69.5 Å². The minimum Gasteiger partial charge on any atom is -0.490 e. The molecule has 26 heavy (non-hydrogen) atoms.